The summed E-state index contributed by atoms with van der Waals surface area (Å²) in [4.78, 5) is 27.0. The average molecular weight is 384 g/mol. The molecule has 4 nitrogen and oxygen atoms in total. The SMILES string of the molecule is O=C(NC1C2CC3CC(C2)CC1C3)C1CCC(=O)N(Cc2ccccc2F)C1. The van der Waals surface area contributed by atoms with Crippen molar-refractivity contribution < 1.29 is 14.0 Å². The summed E-state index contributed by atoms with van der Waals surface area (Å²) in [6.45, 7) is 0.639. The highest BCUT2D eigenvalue weighted by Gasteiger charge is 2.49. The largest absolute Gasteiger partial charge is 0.353 e. The van der Waals surface area contributed by atoms with Crippen molar-refractivity contribution in [2.45, 2.75) is 57.5 Å². The minimum atomic E-state index is -0.296. The highest BCUT2D eigenvalue weighted by atomic mass is 19.1. The van der Waals surface area contributed by atoms with Crippen molar-refractivity contribution in [3.63, 3.8) is 0 Å². The van der Waals surface area contributed by atoms with Gasteiger partial charge in [-0.15, -0.1) is 0 Å². The number of halogens is 1. The van der Waals surface area contributed by atoms with Gasteiger partial charge in [0.1, 0.15) is 5.82 Å². The summed E-state index contributed by atoms with van der Waals surface area (Å²) in [6.07, 6.45) is 7.49. The maximum Gasteiger partial charge on any atom is 0.225 e. The van der Waals surface area contributed by atoms with Gasteiger partial charge in [-0.05, 0) is 68.3 Å². The van der Waals surface area contributed by atoms with Crippen LogP contribution in [0.25, 0.3) is 0 Å². The van der Waals surface area contributed by atoms with Crippen molar-refractivity contribution in [1.82, 2.24) is 10.2 Å². The third-order valence-corrected chi connectivity index (χ3v) is 7.73. The van der Waals surface area contributed by atoms with Crippen LogP contribution in [0.3, 0.4) is 0 Å². The topological polar surface area (TPSA) is 49.4 Å². The van der Waals surface area contributed by atoms with Gasteiger partial charge in [0.2, 0.25) is 11.8 Å². The summed E-state index contributed by atoms with van der Waals surface area (Å²) in [5.41, 5.74) is 0.512. The molecule has 28 heavy (non-hydrogen) atoms. The lowest BCUT2D eigenvalue weighted by Crippen LogP contribution is -2.57. The highest BCUT2D eigenvalue weighted by Crippen LogP contribution is 2.53. The first kappa shape index (κ1) is 18.1. The summed E-state index contributed by atoms with van der Waals surface area (Å²) in [6, 6.07) is 6.89. The minimum Gasteiger partial charge on any atom is -0.353 e. The number of hydrogen-bond acceptors (Lipinski definition) is 2. The van der Waals surface area contributed by atoms with Crippen LogP contribution in [0.5, 0.6) is 0 Å². The number of carbonyl (C=O) groups is 2. The Balaban J connectivity index is 1.23. The zero-order valence-electron chi connectivity index (χ0n) is 16.3. The number of piperidine rings is 1. The first-order valence-corrected chi connectivity index (χ1v) is 10.9. The van der Waals surface area contributed by atoms with E-state index in [0.29, 0.717) is 42.8 Å². The number of hydrogen-bond donors (Lipinski definition) is 1. The molecule has 4 aliphatic carbocycles. The fraction of sp³-hybridized carbons (Fsp3) is 0.652. The van der Waals surface area contributed by atoms with Gasteiger partial charge in [0.15, 0.2) is 0 Å². The van der Waals surface area contributed by atoms with Crippen LogP contribution in [-0.4, -0.2) is 29.3 Å². The third kappa shape index (κ3) is 3.33. The van der Waals surface area contributed by atoms with Crippen molar-refractivity contribution in [2.24, 2.45) is 29.6 Å². The van der Waals surface area contributed by atoms with E-state index in [1.807, 2.05) is 0 Å². The van der Waals surface area contributed by atoms with Gasteiger partial charge in [-0.1, -0.05) is 18.2 Å². The average Bonchev–Trinajstić information content (AvgIpc) is 2.67. The Labute approximate surface area is 165 Å². The molecule has 150 valence electrons. The molecule has 1 atom stereocenters. The van der Waals surface area contributed by atoms with E-state index < -0.39 is 0 Å². The van der Waals surface area contributed by atoms with Crippen LogP contribution in [0.1, 0.15) is 50.5 Å². The summed E-state index contributed by atoms with van der Waals surface area (Å²) in [7, 11) is 0. The number of amides is 2. The molecule has 2 amide bonds. The van der Waals surface area contributed by atoms with Gasteiger partial charge in [-0.25, -0.2) is 4.39 Å². The molecule has 5 heteroatoms. The lowest BCUT2D eigenvalue weighted by Gasteiger charge is -2.54. The Morgan fingerprint density at radius 1 is 1.07 bits per heavy atom. The van der Waals surface area contributed by atoms with Crippen LogP contribution < -0.4 is 5.32 Å². The summed E-state index contributed by atoms with van der Waals surface area (Å²) in [5.74, 6) is 2.72. The van der Waals surface area contributed by atoms with Crippen LogP contribution in [0.2, 0.25) is 0 Å². The van der Waals surface area contributed by atoms with E-state index in [-0.39, 0.29) is 30.1 Å². The van der Waals surface area contributed by atoms with E-state index >= 15 is 0 Å². The molecule has 0 radical (unpaired) electrons. The van der Waals surface area contributed by atoms with Crippen LogP contribution in [0.15, 0.2) is 24.3 Å². The second-order valence-corrected chi connectivity index (χ2v) is 9.57. The van der Waals surface area contributed by atoms with Crippen LogP contribution >= 0.6 is 0 Å². The number of rotatable bonds is 4. The van der Waals surface area contributed by atoms with Gasteiger partial charge < -0.3 is 10.2 Å². The monoisotopic (exact) mass is 384 g/mol. The predicted molar refractivity (Wildman–Crippen MR) is 104 cm³/mol. The summed E-state index contributed by atoms with van der Waals surface area (Å²) >= 11 is 0. The standard InChI is InChI=1S/C23H29FN2O2/c24-20-4-2-1-3-16(20)12-26-13-17(5-6-21(26)27)23(28)25-22-18-8-14-7-15(10-18)11-19(22)9-14/h1-4,14-15,17-19,22H,5-13H2,(H,25,28). The maximum atomic E-state index is 14.0. The zero-order chi connectivity index (χ0) is 19.3. The van der Waals surface area contributed by atoms with Gasteiger partial charge in [-0.3, -0.25) is 9.59 Å². The van der Waals surface area contributed by atoms with E-state index in [9.17, 15) is 14.0 Å². The molecule has 5 fully saturated rings. The molecule has 0 aromatic heterocycles. The lowest BCUT2D eigenvalue weighted by molar-refractivity contribution is -0.140. The number of nitrogens with one attached hydrogen (secondary N) is 1. The van der Waals surface area contributed by atoms with Crippen molar-refractivity contribution >= 4 is 11.8 Å². The second-order valence-electron chi connectivity index (χ2n) is 9.57. The number of nitrogens with zero attached hydrogens (tertiary/aromatic N) is 1. The molecule has 1 N–H and O–H groups in total. The molecule has 5 aliphatic rings. The second kappa shape index (κ2) is 7.16. The Kier molecular flexibility index (Phi) is 4.64. The maximum absolute atomic E-state index is 14.0. The van der Waals surface area contributed by atoms with Gasteiger partial charge in [0.05, 0.1) is 5.92 Å². The molecular weight excluding hydrogens is 355 g/mol. The molecule has 1 aromatic carbocycles. The molecule has 1 aliphatic heterocycles. The molecule has 4 bridgehead atoms. The first-order chi connectivity index (χ1) is 13.6. The lowest BCUT2D eigenvalue weighted by atomic mass is 9.54. The van der Waals surface area contributed by atoms with E-state index in [2.05, 4.69) is 5.32 Å². The van der Waals surface area contributed by atoms with Crippen molar-refractivity contribution in [1.29, 1.82) is 0 Å². The van der Waals surface area contributed by atoms with Gasteiger partial charge >= 0.3 is 0 Å². The van der Waals surface area contributed by atoms with Crippen molar-refractivity contribution in [3.05, 3.63) is 35.6 Å². The van der Waals surface area contributed by atoms with Crippen molar-refractivity contribution in [2.75, 3.05) is 6.54 Å². The molecule has 4 saturated carbocycles. The molecular formula is C23H29FN2O2. The minimum absolute atomic E-state index is 0.0157. The Morgan fingerprint density at radius 2 is 1.75 bits per heavy atom. The molecule has 0 spiro atoms. The normalized spacial score (nSPS) is 36.6. The molecule has 6 rings (SSSR count). The van der Waals surface area contributed by atoms with Gasteiger partial charge in [0, 0.05) is 31.1 Å². The van der Waals surface area contributed by atoms with Gasteiger partial charge in [0.25, 0.3) is 0 Å². The Bertz CT molecular complexity index is 752. The van der Waals surface area contributed by atoms with E-state index in [1.54, 1.807) is 23.1 Å². The highest BCUT2D eigenvalue weighted by molar-refractivity contribution is 5.84. The van der Waals surface area contributed by atoms with Crippen LogP contribution in [0.4, 0.5) is 4.39 Å². The van der Waals surface area contributed by atoms with E-state index in [0.717, 1.165) is 11.8 Å². The van der Waals surface area contributed by atoms with E-state index in [4.69, 9.17) is 0 Å². The molecule has 1 heterocycles. The molecule has 1 aromatic rings. The third-order valence-electron chi connectivity index (χ3n) is 7.73. The summed E-state index contributed by atoms with van der Waals surface area (Å²) < 4.78 is 14.0. The fourth-order valence-electron chi connectivity index (χ4n) is 6.56. The summed E-state index contributed by atoms with van der Waals surface area (Å²) in [5, 5.41) is 3.39. The first-order valence-electron chi connectivity index (χ1n) is 10.9. The fourth-order valence-corrected chi connectivity index (χ4v) is 6.56. The van der Waals surface area contributed by atoms with Crippen molar-refractivity contribution in [3.8, 4) is 0 Å². The smallest absolute Gasteiger partial charge is 0.225 e. The van der Waals surface area contributed by atoms with E-state index in [1.165, 1.54) is 38.2 Å². The van der Waals surface area contributed by atoms with Crippen LogP contribution in [0, 0.1) is 35.4 Å². The van der Waals surface area contributed by atoms with Crippen LogP contribution in [-0.2, 0) is 16.1 Å². The molecule has 1 unspecified atom stereocenters. The number of carbonyl (C=O) groups excluding carboxylic acids is 2. The number of benzene rings is 1. The predicted octanol–water partition coefficient (Wildman–Crippen LogP) is 3.51. The quantitative estimate of drug-likeness (QED) is 0.864. The van der Waals surface area contributed by atoms with Gasteiger partial charge in [-0.2, -0.15) is 0 Å². The Morgan fingerprint density at radius 3 is 2.43 bits per heavy atom. The Hall–Kier alpha value is -1.91. The zero-order valence-corrected chi connectivity index (χ0v) is 16.3. The molecule has 1 saturated heterocycles. The number of likely N-dealkylation sites (tertiary alicyclic amines) is 1.